The van der Waals surface area contributed by atoms with Gasteiger partial charge in [-0.15, -0.1) is 0 Å². The van der Waals surface area contributed by atoms with Gasteiger partial charge >= 0.3 is 12.1 Å². The van der Waals surface area contributed by atoms with Crippen LogP contribution in [0.25, 0.3) is 0 Å². The molecule has 0 aliphatic rings. The van der Waals surface area contributed by atoms with Gasteiger partial charge in [0.1, 0.15) is 0 Å². The van der Waals surface area contributed by atoms with E-state index in [1.807, 2.05) is 43.3 Å². The highest BCUT2D eigenvalue weighted by Gasteiger charge is 2.07. The molecule has 4 N–H and O–H groups in total. The Morgan fingerprint density at radius 1 is 0.815 bits per heavy atom. The third-order valence-corrected chi connectivity index (χ3v) is 4.09. The van der Waals surface area contributed by atoms with Crippen molar-refractivity contribution in [2.24, 2.45) is 0 Å². The van der Waals surface area contributed by atoms with Gasteiger partial charge in [-0.3, -0.25) is 0 Å². The third kappa shape index (κ3) is 7.40. The Morgan fingerprint density at radius 3 is 2.30 bits per heavy atom. The van der Waals surface area contributed by atoms with Gasteiger partial charge in [-0.2, -0.15) is 0 Å². The van der Waals surface area contributed by atoms with Crippen LogP contribution in [0.4, 0.5) is 26.7 Å². The molecule has 0 aliphatic heterocycles. The van der Waals surface area contributed by atoms with Crippen LogP contribution in [-0.4, -0.2) is 18.6 Å². The van der Waals surface area contributed by atoms with Crippen molar-refractivity contribution >= 4 is 29.1 Å². The summed E-state index contributed by atoms with van der Waals surface area (Å²) in [5.74, 6) is 0. The first-order valence-electron chi connectivity index (χ1n) is 9.37. The molecule has 0 heterocycles. The SMILES string of the molecule is CCCCCCNC(=O)Nc1cc(NC(=O)Nc2ccccc2)ccc1C. The molecule has 0 aromatic heterocycles. The van der Waals surface area contributed by atoms with Crippen molar-refractivity contribution in [1.82, 2.24) is 5.32 Å². The monoisotopic (exact) mass is 368 g/mol. The number of para-hydroxylation sites is 1. The molecule has 2 rings (SSSR count). The van der Waals surface area contributed by atoms with Crippen molar-refractivity contribution in [3.63, 3.8) is 0 Å². The third-order valence-electron chi connectivity index (χ3n) is 4.09. The van der Waals surface area contributed by atoms with E-state index in [2.05, 4.69) is 28.2 Å². The maximum atomic E-state index is 12.1. The average Bonchev–Trinajstić information content (AvgIpc) is 2.65. The van der Waals surface area contributed by atoms with E-state index in [9.17, 15) is 9.59 Å². The van der Waals surface area contributed by atoms with Gasteiger partial charge < -0.3 is 21.3 Å². The molecule has 0 unspecified atom stereocenters. The number of unbranched alkanes of at least 4 members (excludes halogenated alkanes) is 3. The van der Waals surface area contributed by atoms with E-state index in [-0.39, 0.29) is 12.1 Å². The average molecular weight is 368 g/mol. The van der Waals surface area contributed by atoms with E-state index in [1.54, 1.807) is 12.1 Å². The quantitative estimate of drug-likeness (QED) is 0.474. The second-order valence-electron chi connectivity index (χ2n) is 6.42. The predicted molar refractivity (Wildman–Crippen MR) is 111 cm³/mol. The van der Waals surface area contributed by atoms with E-state index in [0.29, 0.717) is 23.6 Å². The van der Waals surface area contributed by atoms with Crippen LogP contribution in [-0.2, 0) is 0 Å². The number of carbonyl (C=O) groups excluding carboxylic acids is 2. The Hall–Kier alpha value is -3.02. The van der Waals surface area contributed by atoms with Gasteiger partial charge in [-0.05, 0) is 43.2 Å². The lowest BCUT2D eigenvalue weighted by Crippen LogP contribution is -2.29. The normalized spacial score (nSPS) is 10.1. The number of benzene rings is 2. The standard InChI is InChI=1S/C21H28N4O2/c1-3-4-5-9-14-22-20(26)25-19-15-18(13-12-16(19)2)24-21(27)23-17-10-7-6-8-11-17/h6-8,10-13,15H,3-5,9,14H2,1-2H3,(H2,22,25,26)(H2,23,24,27). The summed E-state index contributed by atoms with van der Waals surface area (Å²) in [7, 11) is 0. The minimum atomic E-state index is -0.337. The molecule has 6 nitrogen and oxygen atoms in total. The molecule has 0 saturated carbocycles. The van der Waals surface area contributed by atoms with Gasteiger partial charge in [0.2, 0.25) is 0 Å². The van der Waals surface area contributed by atoms with Gasteiger partial charge in [0, 0.05) is 23.6 Å². The van der Waals surface area contributed by atoms with Crippen LogP contribution in [0.1, 0.15) is 38.2 Å². The number of rotatable bonds is 8. The topological polar surface area (TPSA) is 82.3 Å². The Bertz CT molecular complexity index is 747. The number of carbonyl (C=O) groups is 2. The first kappa shape index (κ1) is 20.3. The van der Waals surface area contributed by atoms with Crippen LogP contribution in [0.15, 0.2) is 48.5 Å². The lowest BCUT2D eigenvalue weighted by Gasteiger charge is -2.13. The highest BCUT2D eigenvalue weighted by Crippen LogP contribution is 2.20. The molecule has 6 heteroatoms. The summed E-state index contributed by atoms with van der Waals surface area (Å²) in [6.45, 7) is 4.72. The lowest BCUT2D eigenvalue weighted by molar-refractivity contribution is 0.252. The predicted octanol–water partition coefficient (Wildman–Crippen LogP) is 5.34. The summed E-state index contributed by atoms with van der Waals surface area (Å²) in [4.78, 5) is 24.2. The number of amides is 4. The molecule has 0 atom stereocenters. The number of hydrogen-bond donors (Lipinski definition) is 4. The van der Waals surface area contributed by atoms with Crippen LogP contribution >= 0.6 is 0 Å². The van der Waals surface area contributed by atoms with Crippen molar-refractivity contribution in [3.05, 3.63) is 54.1 Å². The fourth-order valence-corrected chi connectivity index (χ4v) is 2.57. The number of anilines is 3. The molecular weight excluding hydrogens is 340 g/mol. The smallest absolute Gasteiger partial charge is 0.323 e. The second-order valence-corrected chi connectivity index (χ2v) is 6.42. The number of hydrogen-bond acceptors (Lipinski definition) is 2. The van der Waals surface area contributed by atoms with Gasteiger partial charge in [-0.1, -0.05) is 50.5 Å². The van der Waals surface area contributed by atoms with Gasteiger partial charge in [-0.25, -0.2) is 9.59 Å². The Labute approximate surface area is 160 Å². The molecule has 0 radical (unpaired) electrons. The Morgan fingerprint density at radius 2 is 1.56 bits per heavy atom. The summed E-state index contributed by atoms with van der Waals surface area (Å²) in [5.41, 5.74) is 2.90. The zero-order valence-electron chi connectivity index (χ0n) is 16.0. The molecular formula is C21H28N4O2. The van der Waals surface area contributed by atoms with E-state index in [1.165, 1.54) is 12.8 Å². The molecule has 0 aliphatic carbocycles. The van der Waals surface area contributed by atoms with Crippen LogP contribution in [0.3, 0.4) is 0 Å². The van der Waals surface area contributed by atoms with Crippen LogP contribution < -0.4 is 21.3 Å². The second kappa shape index (κ2) is 10.9. The van der Waals surface area contributed by atoms with Crippen molar-refractivity contribution in [2.75, 3.05) is 22.5 Å². The van der Waals surface area contributed by atoms with Gasteiger partial charge in [0.05, 0.1) is 0 Å². The molecule has 27 heavy (non-hydrogen) atoms. The molecule has 0 spiro atoms. The number of urea groups is 2. The van der Waals surface area contributed by atoms with E-state index in [4.69, 9.17) is 0 Å². The van der Waals surface area contributed by atoms with Gasteiger partial charge in [0.15, 0.2) is 0 Å². The van der Waals surface area contributed by atoms with Crippen LogP contribution in [0.2, 0.25) is 0 Å². The largest absolute Gasteiger partial charge is 0.338 e. The molecule has 2 aromatic carbocycles. The summed E-state index contributed by atoms with van der Waals surface area (Å²) < 4.78 is 0. The van der Waals surface area contributed by atoms with E-state index < -0.39 is 0 Å². The maximum Gasteiger partial charge on any atom is 0.323 e. The minimum Gasteiger partial charge on any atom is -0.338 e. The summed E-state index contributed by atoms with van der Waals surface area (Å²) in [6.07, 6.45) is 4.44. The van der Waals surface area contributed by atoms with Crippen molar-refractivity contribution < 1.29 is 9.59 Å². The van der Waals surface area contributed by atoms with E-state index in [0.717, 1.165) is 18.4 Å². The molecule has 2 aromatic rings. The molecule has 0 fully saturated rings. The Kier molecular flexibility index (Phi) is 8.16. The minimum absolute atomic E-state index is 0.236. The van der Waals surface area contributed by atoms with Crippen molar-refractivity contribution in [3.8, 4) is 0 Å². The highest BCUT2D eigenvalue weighted by molar-refractivity contribution is 6.00. The maximum absolute atomic E-state index is 12.1. The van der Waals surface area contributed by atoms with Crippen LogP contribution in [0.5, 0.6) is 0 Å². The first-order chi connectivity index (χ1) is 13.1. The fraction of sp³-hybridized carbons (Fsp3) is 0.333. The highest BCUT2D eigenvalue weighted by atomic mass is 16.2. The number of aryl methyl sites for hydroxylation is 1. The summed E-state index contributed by atoms with van der Waals surface area (Å²) >= 11 is 0. The lowest BCUT2D eigenvalue weighted by atomic mass is 10.2. The summed E-state index contributed by atoms with van der Waals surface area (Å²) in [6, 6.07) is 14.0. The molecule has 144 valence electrons. The van der Waals surface area contributed by atoms with Crippen molar-refractivity contribution in [2.45, 2.75) is 39.5 Å². The van der Waals surface area contributed by atoms with Gasteiger partial charge in [0.25, 0.3) is 0 Å². The summed E-state index contributed by atoms with van der Waals surface area (Å²) in [5, 5.41) is 11.2. The fourth-order valence-electron chi connectivity index (χ4n) is 2.57. The van der Waals surface area contributed by atoms with Crippen LogP contribution in [0, 0.1) is 6.92 Å². The zero-order chi connectivity index (χ0) is 19.5. The Balaban J connectivity index is 1.87. The number of nitrogens with one attached hydrogen (secondary N) is 4. The zero-order valence-corrected chi connectivity index (χ0v) is 16.0. The first-order valence-corrected chi connectivity index (χ1v) is 9.37. The molecule has 0 bridgehead atoms. The van der Waals surface area contributed by atoms with E-state index >= 15 is 0 Å². The molecule has 4 amide bonds. The van der Waals surface area contributed by atoms with Crippen molar-refractivity contribution in [1.29, 1.82) is 0 Å². The molecule has 0 saturated heterocycles.